The van der Waals surface area contributed by atoms with Crippen LogP contribution >= 0.6 is 0 Å². The van der Waals surface area contributed by atoms with Gasteiger partial charge in [0.2, 0.25) is 0 Å². The number of amides is 1. The third kappa shape index (κ3) is 4.07. The topological polar surface area (TPSA) is 78.3 Å². The fourth-order valence-corrected chi connectivity index (χ4v) is 1.63. The van der Waals surface area contributed by atoms with E-state index in [1.807, 2.05) is 38.1 Å². The lowest BCUT2D eigenvalue weighted by molar-refractivity contribution is -0.124. The number of nitrogens with two attached hydrogens (primary N) is 2. The van der Waals surface area contributed by atoms with Crippen LogP contribution in [0.4, 0.5) is 0 Å². The van der Waals surface area contributed by atoms with Crippen molar-refractivity contribution in [2.45, 2.75) is 38.8 Å². The van der Waals surface area contributed by atoms with Gasteiger partial charge in [-0.1, -0.05) is 25.1 Å². The van der Waals surface area contributed by atoms with Gasteiger partial charge >= 0.3 is 0 Å². The third-order valence-electron chi connectivity index (χ3n) is 2.47. The zero-order chi connectivity index (χ0) is 12.8. The number of carbonyl (C=O) groups excluding carboxylic acids is 1. The normalized spacial score (nSPS) is 14.1. The molecule has 0 saturated carbocycles. The molecule has 0 fully saturated rings. The second kappa shape index (κ2) is 6.25. The summed E-state index contributed by atoms with van der Waals surface area (Å²) in [5, 5.41) is 0. The zero-order valence-corrected chi connectivity index (χ0v) is 10.3. The molecule has 0 aliphatic carbocycles. The monoisotopic (exact) mass is 236 g/mol. The Bertz CT molecular complexity index is 377. The molecule has 0 spiro atoms. The molecule has 2 unspecified atom stereocenters. The lowest BCUT2D eigenvalue weighted by Crippen LogP contribution is -2.33. The van der Waals surface area contributed by atoms with E-state index in [4.69, 9.17) is 16.2 Å². The van der Waals surface area contributed by atoms with E-state index in [0.717, 1.165) is 5.56 Å². The van der Waals surface area contributed by atoms with Crippen LogP contribution in [0.15, 0.2) is 24.3 Å². The molecule has 17 heavy (non-hydrogen) atoms. The van der Waals surface area contributed by atoms with Crippen LogP contribution in [0.5, 0.6) is 5.75 Å². The van der Waals surface area contributed by atoms with Gasteiger partial charge in [-0.05, 0) is 31.4 Å². The van der Waals surface area contributed by atoms with E-state index >= 15 is 0 Å². The summed E-state index contributed by atoms with van der Waals surface area (Å²) in [5.41, 5.74) is 12.0. The van der Waals surface area contributed by atoms with E-state index in [2.05, 4.69) is 0 Å². The number of para-hydroxylation sites is 1. The SMILES string of the molecule is CCC(Oc1ccccc1CC(C)N)C(N)=O. The molecule has 0 aliphatic heterocycles. The zero-order valence-electron chi connectivity index (χ0n) is 10.3. The molecule has 0 heterocycles. The summed E-state index contributed by atoms with van der Waals surface area (Å²) in [5.74, 6) is 0.249. The minimum atomic E-state index is -0.579. The van der Waals surface area contributed by atoms with Crippen LogP contribution in [0.25, 0.3) is 0 Å². The first-order valence-electron chi connectivity index (χ1n) is 5.84. The predicted octanol–water partition coefficient (Wildman–Crippen LogP) is 1.22. The fourth-order valence-electron chi connectivity index (χ4n) is 1.63. The van der Waals surface area contributed by atoms with Crippen molar-refractivity contribution >= 4 is 5.91 Å². The van der Waals surface area contributed by atoms with Gasteiger partial charge in [-0.15, -0.1) is 0 Å². The van der Waals surface area contributed by atoms with Gasteiger partial charge in [0.05, 0.1) is 0 Å². The minimum absolute atomic E-state index is 0.0494. The molecule has 4 nitrogen and oxygen atoms in total. The van der Waals surface area contributed by atoms with Crippen molar-refractivity contribution < 1.29 is 9.53 Å². The Morgan fingerprint density at radius 1 is 1.41 bits per heavy atom. The number of hydrogen-bond acceptors (Lipinski definition) is 3. The van der Waals surface area contributed by atoms with Gasteiger partial charge in [-0.3, -0.25) is 4.79 Å². The Hall–Kier alpha value is -1.55. The summed E-state index contributed by atoms with van der Waals surface area (Å²) in [7, 11) is 0. The molecule has 1 aromatic rings. The van der Waals surface area contributed by atoms with Crippen LogP contribution < -0.4 is 16.2 Å². The van der Waals surface area contributed by atoms with Crippen LogP contribution in [0.1, 0.15) is 25.8 Å². The number of carbonyl (C=O) groups is 1. The molecule has 0 radical (unpaired) electrons. The lowest BCUT2D eigenvalue weighted by atomic mass is 10.1. The summed E-state index contributed by atoms with van der Waals surface area (Å²) in [6.07, 6.45) is 0.692. The molecule has 1 rings (SSSR count). The van der Waals surface area contributed by atoms with Crippen LogP contribution in [0.3, 0.4) is 0 Å². The fraction of sp³-hybridized carbons (Fsp3) is 0.462. The highest BCUT2D eigenvalue weighted by Gasteiger charge is 2.16. The maximum Gasteiger partial charge on any atom is 0.258 e. The van der Waals surface area contributed by atoms with Crippen molar-refractivity contribution in [2.24, 2.45) is 11.5 Å². The predicted molar refractivity (Wildman–Crippen MR) is 67.7 cm³/mol. The van der Waals surface area contributed by atoms with Crippen LogP contribution in [0.2, 0.25) is 0 Å². The smallest absolute Gasteiger partial charge is 0.258 e. The molecular formula is C13H20N2O2. The van der Waals surface area contributed by atoms with Crippen LogP contribution in [-0.4, -0.2) is 18.1 Å². The standard InChI is InChI=1S/C13H20N2O2/c1-3-11(13(15)16)17-12-7-5-4-6-10(12)8-9(2)14/h4-7,9,11H,3,8,14H2,1-2H3,(H2,15,16). The van der Waals surface area contributed by atoms with Crippen molar-refractivity contribution in [3.05, 3.63) is 29.8 Å². The molecule has 2 atom stereocenters. The molecule has 4 heteroatoms. The first-order chi connectivity index (χ1) is 8.04. The van der Waals surface area contributed by atoms with Crippen LogP contribution in [-0.2, 0) is 11.2 Å². The first-order valence-corrected chi connectivity index (χ1v) is 5.84. The molecular weight excluding hydrogens is 216 g/mol. The third-order valence-corrected chi connectivity index (χ3v) is 2.47. The Morgan fingerprint density at radius 3 is 2.59 bits per heavy atom. The van der Waals surface area contributed by atoms with E-state index in [-0.39, 0.29) is 6.04 Å². The summed E-state index contributed by atoms with van der Waals surface area (Å²) in [6.45, 7) is 3.80. The molecule has 94 valence electrons. The van der Waals surface area contributed by atoms with Crippen molar-refractivity contribution in [3.8, 4) is 5.75 Å². The number of rotatable bonds is 6. The molecule has 0 aromatic heterocycles. The van der Waals surface area contributed by atoms with Crippen molar-refractivity contribution in [1.82, 2.24) is 0 Å². The molecule has 1 aromatic carbocycles. The Balaban J connectivity index is 2.85. The maximum atomic E-state index is 11.1. The van der Waals surface area contributed by atoms with Gasteiger partial charge in [0.25, 0.3) is 5.91 Å². The molecule has 1 amide bonds. The van der Waals surface area contributed by atoms with Gasteiger partial charge in [0.15, 0.2) is 6.10 Å². The van der Waals surface area contributed by atoms with Gasteiger partial charge in [0, 0.05) is 6.04 Å². The average Bonchev–Trinajstić information content (AvgIpc) is 2.26. The van der Waals surface area contributed by atoms with Gasteiger partial charge in [-0.25, -0.2) is 0 Å². The van der Waals surface area contributed by atoms with E-state index in [9.17, 15) is 4.79 Å². The highest BCUT2D eigenvalue weighted by molar-refractivity contribution is 5.79. The highest BCUT2D eigenvalue weighted by Crippen LogP contribution is 2.21. The van der Waals surface area contributed by atoms with Crippen LogP contribution in [0, 0.1) is 0 Å². The van der Waals surface area contributed by atoms with E-state index in [1.54, 1.807) is 0 Å². The maximum absolute atomic E-state index is 11.1. The number of primary amides is 1. The summed E-state index contributed by atoms with van der Waals surface area (Å²) in [6, 6.07) is 7.63. The highest BCUT2D eigenvalue weighted by atomic mass is 16.5. The number of ether oxygens (including phenoxy) is 1. The Morgan fingerprint density at radius 2 is 2.06 bits per heavy atom. The van der Waals surface area contributed by atoms with Crippen molar-refractivity contribution in [1.29, 1.82) is 0 Å². The van der Waals surface area contributed by atoms with E-state index in [1.165, 1.54) is 0 Å². The number of benzene rings is 1. The number of hydrogen-bond donors (Lipinski definition) is 2. The Labute approximate surface area is 102 Å². The largest absolute Gasteiger partial charge is 0.480 e. The van der Waals surface area contributed by atoms with E-state index < -0.39 is 12.0 Å². The molecule has 0 bridgehead atoms. The van der Waals surface area contributed by atoms with E-state index in [0.29, 0.717) is 18.6 Å². The molecule has 0 saturated heterocycles. The van der Waals surface area contributed by atoms with Gasteiger partial charge in [0.1, 0.15) is 5.75 Å². The molecule has 4 N–H and O–H groups in total. The Kier molecular flexibility index (Phi) is 4.97. The van der Waals surface area contributed by atoms with Crippen molar-refractivity contribution in [2.75, 3.05) is 0 Å². The minimum Gasteiger partial charge on any atom is -0.480 e. The van der Waals surface area contributed by atoms with Gasteiger partial charge in [-0.2, -0.15) is 0 Å². The molecule has 0 aliphatic rings. The second-order valence-electron chi connectivity index (χ2n) is 4.21. The lowest BCUT2D eigenvalue weighted by Gasteiger charge is -2.17. The average molecular weight is 236 g/mol. The summed E-state index contributed by atoms with van der Waals surface area (Å²) >= 11 is 0. The van der Waals surface area contributed by atoms with Crippen molar-refractivity contribution in [3.63, 3.8) is 0 Å². The summed E-state index contributed by atoms with van der Waals surface area (Å²) < 4.78 is 5.63. The summed E-state index contributed by atoms with van der Waals surface area (Å²) in [4.78, 5) is 11.1. The second-order valence-corrected chi connectivity index (χ2v) is 4.21. The van der Waals surface area contributed by atoms with Gasteiger partial charge < -0.3 is 16.2 Å². The first kappa shape index (κ1) is 13.5. The quantitative estimate of drug-likeness (QED) is 0.779.